The number of hydrogen-bond acceptors (Lipinski definition) is 2. The summed E-state index contributed by atoms with van der Waals surface area (Å²) in [6.07, 6.45) is -4.47. The topological polar surface area (TPSA) is 40.5 Å². The monoisotopic (exact) mass is 204 g/mol. The molecule has 0 heterocycles. The molecule has 1 aromatic carbocycles. The van der Waals surface area contributed by atoms with E-state index in [1.807, 2.05) is 0 Å². The zero-order valence-electron chi connectivity index (χ0n) is 7.34. The molecule has 2 N–H and O–H groups in total. The van der Waals surface area contributed by atoms with E-state index in [9.17, 15) is 13.2 Å². The molecule has 0 saturated heterocycles. The van der Waals surface area contributed by atoms with Crippen LogP contribution in [-0.2, 0) is 11.9 Å². The summed E-state index contributed by atoms with van der Waals surface area (Å²) in [6.45, 7) is 0. The minimum atomic E-state index is -4.47. The van der Waals surface area contributed by atoms with Crippen LogP contribution in [0.25, 0.3) is 0 Å². The zero-order chi connectivity index (χ0) is 11.0. The molecule has 0 aliphatic carbocycles. The van der Waals surface area contributed by atoms with E-state index in [2.05, 4.69) is 0 Å². The lowest BCUT2D eigenvalue weighted by Gasteiger charge is -2.18. The first-order chi connectivity index (χ1) is 6.21. The predicted molar refractivity (Wildman–Crippen MR) is 46.1 cm³/mol. The minimum Gasteiger partial charge on any atom is -0.370 e. The fourth-order valence-electron chi connectivity index (χ4n) is 0.990. The van der Waals surface area contributed by atoms with Crippen molar-refractivity contribution in [2.75, 3.05) is 0 Å². The summed E-state index contributed by atoms with van der Waals surface area (Å²) in [5.74, 6) is 0. The second kappa shape index (κ2) is 3.29. The van der Waals surface area contributed by atoms with Gasteiger partial charge in [-0.25, -0.2) is 0 Å². The summed E-state index contributed by atoms with van der Waals surface area (Å²) in [7, 11) is 1.00. The van der Waals surface area contributed by atoms with Crippen LogP contribution in [0.2, 0.25) is 0 Å². The second-order valence-electron chi connectivity index (χ2n) is 3.10. The van der Waals surface area contributed by atoms with Crippen molar-refractivity contribution in [3.8, 4) is 0 Å². The Hall–Kier alpha value is -1.01. The maximum atomic E-state index is 12.2. The Morgan fingerprint density at radius 2 is 1.57 bits per heavy atom. The van der Waals surface area contributed by atoms with Crippen molar-refractivity contribution >= 4 is 7.85 Å². The first-order valence-corrected chi connectivity index (χ1v) is 3.84. The fourth-order valence-corrected chi connectivity index (χ4v) is 0.990. The van der Waals surface area contributed by atoms with Crippen LogP contribution >= 0.6 is 0 Å². The summed E-state index contributed by atoms with van der Waals surface area (Å²) in [4.78, 5) is 0. The average molecular weight is 204 g/mol. The van der Waals surface area contributed by atoms with Gasteiger partial charge in [0.1, 0.15) is 5.69 Å². The van der Waals surface area contributed by atoms with Gasteiger partial charge in [0, 0.05) is 5.56 Å². The van der Waals surface area contributed by atoms with Crippen LogP contribution in [0, 0.1) is 0 Å². The third-order valence-corrected chi connectivity index (χ3v) is 1.74. The van der Waals surface area contributed by atoms with Crippen LogP contribution in [-0.4, -0.2) is 18.1 Å². The van der Waals surface area contributed by atoms with Gasteiger partial charge in [-0.3, -0.25) is 0 Å². The Bertz CT molecular complexity index is 301. The lowest BCUT2D eigenvalue weighted by molar-refractivity contribution is -0.138. The third kappa shape index (κ3) is 2.49. The van der Waals surface area contributed by atoms with Crippen molar-refractivity contribution in [2.24, 2.45) is 0 Å². The molecule has 1 aromatic rings. The van der Waals surface area contributed by atoms with Gasteiger partial charge in [0.05, 0.1) is 5.56 Å². The highest BCUT2D eigenvalue weighted by atomic mass is 19.4. The lowest BCUT2D eigenvalue weighted by atomic mass is 9.87. The molecule has 0 saturated carbocycles. The molecule has 76 valence electrons. The maximum absolute atomic E-state index is 12.2. The molecule has 0 radical (unpaired) electrons. The van der Waals surface area contributed by atoms with Gasteiger partial charge in [0.25, 0.3) is 0 Å². The summed E-state index contributed by atoms with van der Waals surface area (Å²) in [6, 6.07) is 3.92. The van der Waals surface area contributed by atoms with Crippen LogP contribution in [0.4, 0.5) is 13.2 Å². The number of aliphatic hydroxyl groups is 2. The molecule has 0 atom stereocenters. The van der Waals surface area contributed by atoms with Gasteiger partial charge in [-0.1, -0.05) is 12.1 Å². The van der Waals surface area contributed by atoms with Crippen molar-refractivity contribution in [1.29, 1.82) is 0 Å². The van der Waals surface area contributed by atoms with E-state index in [1.165, 1.54) is 6.07 Å². The van der Waals surface area contributed by atoms with Gasteiger partial charge in [-0.2, -0.15) is 13.2 Å². The van der Waals surface area contributed by atoms with Crippen molar-refractivity contribution in [3.63, 3.8) is 0 Å². The molecule has 0 aliphatic rings. The van der Waals surface area contributed by atoms with Gasteiger partial charge < -0.3 is 10.2 Å². The minimum absolute atomic E-state index is 0.188. The molecule has 2 nitrogen and oxygen atoms in total. The highest BCUT2D eigenvalue weighted by Crippen LogP contribution is 2.30. The molecule has 0 aromatic heterocycles. The normalized spacial score (nSPS) is 12.9. The molecule has 0 fully saturated rings. The van der Waals surface area contributed by atoms with Crippen molar-refractivity contribution < 1.29 is 23.4 Å². The highest BCUT2D eigenvalue weighted by Gasteiger charge is 2.31. The quantitative estimate of drug-likeness (QED) is 0.514. The molecule has 0 unspecified atom stereocenters. The summed E-state index contributed by atoms with van der Waals surface area (Å²) in [5, 5.41) is 18.1. The lowest BCUT2D eigenvalue weighted by Crippen LogP contribution is -2.25. The molecular formula is C8H8BF3O2. The maximum Gasteiger partial charge on any atom is 0.416 e. The van der Waals surface area contributed by atoms with Crippen molar-refractivity contribution in [1.82, 2.24) is 0 Å². The van der Waals surface area contributed by atoms with E-state index >= 15 is 0 Å². The van der Waals surface area contributed by atoms with Gasteiger partial charge >= 0.3 is 6.18 Å². The molecule has 0 spiro atoms. The Morgan fingerprint density at radius 1 is 1.07 bits per heavy atom. The third-order valence-electron chi connectivity index (χ3n) is 1.74. The van der Waals surface area contributed by atoms with Crippen molar-refractivity contribution in [2.45, 2.75) is 11.9 Å². The molecule has 0 bridgehead atoms. The van der Waals surface area contributed by atoms with Gasteiger partial charge in [-0.15, -0.1) is 0 Å². The zero-order valence-corrected chi connectivity index (χ0v) is 7.34. The SMILES string of the molecule is BC(O)(O)c1cccc(C(F)(F)F)c1. The Labute approximate surface area is 79.4 Å². The van der Waals surface area contributed by atoms with E-state index < -0.39 is 17.4 Å². The van der Waals surface area contributed by atoms with Crippen LogP contribution in [0.1, 0.15) is 11.1 Å². The van der Waals surface area contributed by atoms with E-state index in [1.54, 1.807) is 0 Å². The molecule has 6 heteroatoms. The molecular weight excluding hydrogens is 196 g/mol. The number of hydrogen-bond donors (Lipinski definition) is 2. The van der Waals surface area contributed by atoms with Gasteiger partial charge in [0.15, 0.2) is 7.85 Å². The fraction of sp³-hybridized carbons (Fsp3) is 0.250. The van der Waals surface area contributed by atoms with Gasteiger partial charge in [0.2, 0.25) is 0 Å². The summed E-state index contributed by atoms with van der Waals surface area (Å²) >= 11 is 0. The number of halogens is 3. The van der Waals surface area contributed by atoms with Gasteiger partial charge in [-0.05, 0) is 12.1 Å². The van der Waals surface area contributed by atoms with Crippen LogP contribution < -0.4 is 0 Å². The number of rotatable bonds is 1. The standard InChI is InChI=1S/C8H8BF3O2/c9-7(13,14)5-2-1-3-6(4-5)8(10,11)12/h1-4,13-14H,9H2. The van der Waals surface area contributed by atoms with E-state index in [4.69, 9.17) is 10.2 Å². The molecule has 0 aliphatic heterocycles. The molecule has 1 rings (SSSR count). The first kappa shape index (κ1) is 11.1. The van der Waals surface area contributed by atoms with Crippen LogP contribution in [0.15, 0.2) is 24.3 Å². The van der Waals surface area contributed by atoms with E-state index in [-0.39, 0.29) is 5.56 Å². The Morgan fingerprint density at radius 3 is 2.00 bits per heavy atom. The highest BCUT2D eigenvalue weighted by molar-refractivity contribution is 6.13. The smallest absolute Gasteiger partial charge is 0.370 e. The number of benzene rings is 1. The Kier molecular flexibility index (Phi) is 2.60. The first-order valence-electron chi connectivity index (χ1n) is 3.84. The Balaban J connectivity index is 3.15. The van der Waals surface area contributed by atoms with Crippen LogP contribution in [0.3, 0.4) is 0 Å². The second-order valence-corrected chi connectivity index (χ2v) is 3.10. The molecule has 14 heavy (non-hydrogen) atoms. The largest absolute Gasteiger partial charge is 0.416 e. The van der Waals surface area contributed by atoms with Crippen LogP contribution in [0.5, 0.6) is 0 Å². The predicted octanol–water partition coefficient (Wildman–Crippen LogP) is 0.433. The van der Waals surface area contributed by atoms with E-state index in [0.717, 1.165) is 20.0 Å². The number of alkyl halides is 3. The molecule has 0 amide bonds. The van der Waals surface area contributed by atoms with Crippen molar-refractivity contribution in [3.05, 3.63) is 35.4 Å². The average Bonchev–Trinajstić information content (AvgIpc) is 2.01. The summed E-state index contributed by atoms with van der Waals surface area (Å²) < 4.78 is 36.6. The summed E-state index contributed by atoms with van der Waals surface area (Å²) in [5.41, 5.74) is -3.34. The van der Waals surface area contributed by atoms with E-state index in [0.29, 0.717) is 6.07 Å².